The van der Waals surface area contributed by atoms with Crippen molar-refractivity contribution in [2.45, 2.75) is 51.7 Å². The summed E-state index contributed by atoms with van der Waals surface area (Å²) in [4.78, 5) is 6.04. The van der Waals surface area contributed by atoms with Crippen LogP contribution < -0.4 is 0 Å². The number of hydrogen-bond acceptors (Lipinski definition) is 4. The van der Waals surface area contributed by atoms with Gasteiger partial charge in [0.1, 0.15) is 0 Å². The molecule has 1 aromatic heterocycles. The summed E-state index contributed by atoms with van der Waals surface area (Å²) in [6.07, 6.45) is -1.74. The molecule has 0 aromatic carbocycles. The lowest BCUT2D eigenvalue weighted by molar-refractivity contribution is -0.188. The van der Waals surface area contributed by atoms with Gasteiger partial charge in [0.15, 0.2) is 5.82 Å². The molecule has 1 saturated heterocycles. The van der Waals surface area contributed by atoms with Crippen molar-refractivity contribution < 1.29 is 17.7 Å². The topological polar surface area (TPSA) is 42.2 Å². The first kappa shape index (κ1) is 15.3. The van der Waals surface area contributed by atoms with Crippen LogP contribution in [-0.2, 0) is 6.42 Å². The van der Waals surface area contributed by atoms with Gasteiger partial charge in [0.2, 0.25) is 5.89 Å². The van der Waals surface area contributed by atoms with E-state index in [9.17, 15) is 13.2 Å². The molecule has 0 saturated carbocycles. The fourth-order valence-electron chi connectivity index (χ4n) is 2.54. The third-order valence-electron chi connectivity index (χ3n) is 3.78. The van der Waals surface area contributed by atoms with Crippen molar-refractivity contribution in [3.05, 3.63) is 11.7 Å². The van der Waals surface area contributed by atoms with Crippen molar-refractivity contribution in [2.75, 3.05) is 13.1 Å². The number of aryl methyl sites for hydroxylation is 1. The number of halogens is 3. The first-order valence-corrected chi connectivity index (χ1v) is 7.05. The lowest BCUT2D eigenvalue weighted by Crippen LogP contribution is -2.42. The van der Waals surface area contributed by atoms with E-state index in [1.807, 2.05) is 13.8 Å². The van der Waals surface area contributed by atoms with Crippen LogP contribution in [0.3, 0.4) is 0 Å². The predicted molar refractivity (Wildman–Crippen MR) is 67.1 cm³/mol. The second-order valence-corrected chi connectivity index (χ2v) is 5.35. The van der Waals surface area contributed by atoms with Gasteiger partial charge < -0.3 is 4.52 Å². The van der Waals surface area contributed by atoms with E-state index in [4.69, 9.17) is 4.52 Å². The predicted octanol–water partition coefficient (Wildman–Crippen LogP) is 3.36. The third-order valence-corrected chi connectivity index (χ3v) is 3.78. The van der Waals surface area contributed by atoms with E-state index in [1.165, 1.54) is 0 Å². The average Bonchev–Trinajstić information content (AvgIpc) is 2.86. The van der Waals surface area contributed by atoms with E-state index in [-0.39, 0.29) is 19.0 Å². The first-order chi connectivity index (χ1) is 9.41. The summed E-state index contributed by atoms with van der Waals surface area (Å²) < 4.78 is 43.6. The molecule has 1 aliphatic heterocycles. The molecule has 0 amide bonds. The number of piperidine rings is 1. The highest BCUT2D eigenvalue weighted by Crippen LogP contribution is 2.35. The summed E-state index contributed by atoms with van der Waals surface area (Å²) in [6.45, 7) is 4.48. The Bertz CT molecular complexity index is 433. The lowest BCUT2D eigenvalue weighted by atomic mass is 9.96. The van der Waals surface area contributed by atoms with Gasteiger partial charge in [-0.2, -0.15) is 18.2 Å². The van der Waals surface area contributed by atoms with Crippen LogP contribution >= 0.6 is 0 Å². The number of aromatic nitrogens is 2. The van der Waals surface area contributed by atoms with Crippen molar-refractivity contribution in [3.63, 3.8) is 0 Å². The summed E-state index contributed by atoms with van der Waals surface area (Å²) in [5, 5.41) is 3.85. The molecule has 20 heavy (non-hydrogen) atoms. The summed E-state index contributed by atoms with van der Waals surface area (Å²) in [5.41, 5.74) is 0. The van der Waals surface area contributed by atoms with Crippen LogP contribution in [0.5, 0.6) is 0 Å². The highest BCUT2D eigenvalue weighted by Gasteiger charge is 2.43. The van der Waals surface area contributed by atoms with E-state index in [0.29, 0.717) is 24.7 Å². The van der Waals surface area contributed by atoms with Crippen molar-refractivity contribution in [1.82, 2.24) is 15.0 Å². The minimum Gasteiger partial charge on any atom is -0.338 e. The molecule has 0 bridgehead atoms. The Morgan fingerprint density at radius 3 is 2.85 bits per heavy atom. The van der Waals surface area contributed by atoms with Gasteiger partial charge in [-0.3, -0.25) is 4.90 Å². The average molecular weight is 291 g/mol. The molecule has 4 nitrogen and oxygen atoms in total. The number of rotatable bonds is 4. The highest BCUT2D eigenvalue weighted by molar-refractivity contribution is 4.94. The summed E-state index contributed by atoms with van der Waals surface area (Å²) in [7, 11) is 0. The van der Waals surface area contributed by atoms with Crippen LogP contribution in [-0.4, -0.2) is 34.3 Å². The Hall–Kier alpha value is -1.11. The number of hydrogen-bond donors (Lipinski definition) is 0. The van der Waals surface area contributed by atoms with Crippen molar-refractivity contribution >= 4 is 0 Å². The first-order valence-electron chi connectivity index (χ1n) is 7.05. The molecule has 2 unspecified atom stereocenters. The van der Waals surface area contributed by atoms with Crippen LogP contribution in [0.15, 0.2) is 4.52 Å². The fourth-order valence-corrected chi connectivity index (χ4v) is 2.54. The van der Waals surface area contributed by atoms with Crippen LogP contribution in [0, 0.1) is 5.92 Å². The quantitative estimate of drug-likeness (QED) is 0.853. The monoisotopic (exact) mass is 291 g/mol. The molecular weight excluding hydrogens is 271 g/mol. The largest absolute Gasteiger partial charge is 0.393 e. The van der Waals surface area contributed by atoms with Gasteiger partial charge in [0.05, 0.1) is 12.0 Å². The minimum absolute atomic E-state index is 0.0101. The second kappa shape index (κ2) is 6.11. The molecule has 0 spiro atoms. The van der Waals surface area contributed by atoms with Crippen molar-refractivity contribution in [2.24, 2.45) is 5.92 Å². The maximum absolute atomic E-state index is 12.8. The molecule has 1 aliphatic rings. The van der Waals surface area contributed by atoms with Gasteiger partial charge in [-0.15, -0.1) is 0 Å². The van der Waals surface area contributed by atoms with E-state index < -0.39 is 12.1 Å². The zero-order chi connectivity index (χ0) is 14.8. The molecule has 7 heteroatoms. The van der Waals surface area contributed by atoms with Crippen LogP contribution in [0.1, 0.15) is 50.9 Å². The summed E-state index contributed by atoms with van der Waals surface area (Å²) in [5.74, 6) is -0.216. The van der Waals surface area contributed by atoms with Gasteiger partial charge in [0.25, 0.3) is 0 Å². The van der Waals surface area contributed by atoms with Gasteiger partial charge in [-0.1, -0.05) is 12.1 Å². The van der Waals surface area contributed by atoms with E-state index >= 15 is 0 Å². The van der Waals surface area contributed by atoms with Gasteiger partial charge in [-0.05, 0) is 32.7 Å². The Labute approximate surface area is 116 Å². The maximum atomic E-state index is 12.8. The van der Waals surface area contributed by atoms with Crippen molar-refractivity contribution in [1.29, 1.82) is 0 Å². The second-order valence-electron chi connectivity index (χ2n) is 5.35. The van der Waals surface area contributed by atoms with Gasteiger partial charge in [0, 0.05) is 13.0 Å². The number of nitrogens with zero attached hydrogens (tertiary/aromatic N) is 3. The highest BCUT2D eigenvalue weighted by atomic mass is 19.4. The molecule has 1 aromatic rings. The third kappa shape index (κ3) is 3.50. The molecule has 0 radical (unpaired) electrons. The Morgan fingerprint density at radius 2 is 2.20 bits per heavy atom. The zero-order valence-corrected chi connectivity index (χ0v) is 11.8. The van der Waals surface area contributed by atoms with Gasteiger partial charge in [-0.25, -0.2) is 0 Å². The van der Waals surface area contributed by atoms with Crippen LogP contribution in [0.4, 0.5) is 13.2 Å². The Balaban J connectivity index is 2.02. The Morgan fingerprint density at radius 1 is 1.45 bits per heavy atom. The van der Waals surface area contributed by atoms with E-state index in [2.05, 4.69) is 10.1 Å². The van der Waals surface area contributed by atoms with Crippen molar-refractivity contribution in [3.8, 4) is 0 Å². The standard InChI is InChI=1S/C13H20F3N3O/c1-3-5-11-17-12(20-18-11)9(2)19-7-4-6-10(8-19)13(14,15)16/h9-10H,3-8H2,1-2H3. The SMILES string of the molecule is CCCc1noc(C(C)N2CCCC(C(F)(F)F)C2)n1. The van der Waals surface area contributed by atoms with E-state index in [0.717, 1.165) is 12.8 Å². The molecule has 2 heterocycles. The summed E-state index contributed by atoms with van der Waals surface area (Å²) in [6, 6.07) is -0.266. The molecular formula is C13H20F3N3O. The van der Waals surface area contributed by atoms with E-state index in [1.54, 1.807) is 4.90 Å². The molecule has 2 atom stereocenters. The Kier molecular flexibility index (Phi) is 4.67. The molecule has 0 N–H and O–H groups in total. The molecule has 0 aliphatic carbocycles. The maximum Gasteiger partial charge on any atom is 0.393 e. The lowest BCUT2D eigenvalue weighted by Gasteiger charge is -2.36. The molecule has 2 rings (SSSR count). The normalized spacial score (nSPS) is 22.9. The smallest absolute Gasteiger partial charge is 0.338 e. The molecule has 114 valence electrons. The summed E-state index contributed by atoms with van der Waals surface area (Å²) >= 11 is 0. The zero-order valence-electron chi connectivity index (χ0n) is 11.8. The van der Waals surface area contributed by atoms with Crippen LogP contribution in [0.2, 0.25) is 0 Å². The van der Waals surface area contributed by atoms with Crippen LogP contribution in [0.25, 0.3) is 0 Å². The number of alkyl halides is 3. The van der Waals surface area contributed by atoms with Gasteiger partial charge >= 0.3 is 6.18 Å². The fraction of sp³-hybridized carbons (Fsp3) is 0.846. The molecule has 1 fully saturated rings. The minimum atomic E-state index is -4.12. The number of likely N-dealkylation sites (tertiary alicyclic amines) is 1.